The highest BCUT2D eigenvalue weighted by molar-refractivity contribution is 5.23. The highest BCUT2D eigenvalue weighted by Crippen LogP contribution is 2.04. The van der Waals surface area contributed by atoms with Crippen LogP contribution in [0.4, 0.5) is 0 Å². The molecule has 1 rings (SSSR count). The fourth-order valence-corrected chi connectivity index (χ4v) is 0.764. The first-order chi connectivity index (χ1) is 6.79. The largest absolute Gasteiger partial charge is 0.374 e. The Morgan fingerprint density at radius 3 is 3.40 bits per heavy atom. The van der Waals surface area contributed by atoms with Crippen LogP contribution >= 0.6 is 0 Å². The van der Waals surface area contributed by atoms with E-state index in [1.165, 1.54) is 6.20 Å². The lowest BCUT2D eigenvalue weighted by atomic mass is 10.2. The molecule has 56 valence electrons. The van der Waals surface area contributed by atoms with Gasteiger partial charge in [-0.3, -0.25) is 0 Å². The lowest BCUT2D eigenvalue weighted by Gasteiger charge is -2.19. The minimum absolute atomic E-state index is 0.231. The summed E-state index contributed by atoms with van der Waals surface area (Å²) in [7, 11) is 0. The van der Waals surface area contributed by atoms with Crippen molar-refractivity contribution in [1.29, 1.82) is 0 Å². The van der Waals surface area contributed by atoms with E-state index in [0.29, 0.717) is 6.54 Å². The van der Waals surface area contributed by atoms with Gasteiger partial charge in [-0.05, 0) is 24.7 Å². The van der Waals surface area contributed by atoms with Crippen LogP contribution in [0.3, 0.4) is 0 Å². The van der Waals surface area contributed by atoms with Crippen molar-refractivity contribution in [1.82, 2.24) is 4.90 Å². The SMILES string of the molecule is [2H]C([2H])([2H])C([2H])([2H])N1C=CC(CN)=CC1. The van der Waals surface area contributed by atoms with Crippen LogP contribution in [0, 0.1) is 0 Å². The molecule has 0 aliphatic carbocycles. The van der Waals surface area contributed by atoms with Crippen LogP contribution in [0.15, 0.2) is 23.9 Å². The minimum atomic E-state index is -2.66. The molecule has 0 unspecified atom stereocenters. The summed E-state index contributed by atoms with van der Waals surface area (Å²) < 4.78 is 36.3. The van der Waals surface area contributed by atoms with Crippen LogP contribution in [-0.2, 0) is 0 Å². The predicted octanol–water partition coefficient (Wildman–Crippen LogP) is 0.721. The first-order valence-electron chi connectivity index (χ1n) is 5.63. The lowest BCUT2D eigenvalue weighted by molar-refractivity contribution is 0.433. The van der Waals surface area contributed by atoms with Crippen molar-refractivity contribution in [2.75, 3.05) is 19.6 Å². The number of hydrogen-bond donors (Lipinski definition) is 1. The van der Waals surface area contributed by atoms with Crippen LogP contribution < -0.4 is 5.73 Å². The van der Waals surface area contributed by atoms with Crippen molar-refractivity contribution in [3.63, 3.8) is 0 Å². The van der Waals surface area contributed by atoms with Crippen molar-refractivity contribution in [2.45, 2.75) is 6.85 Å². The molecule has 0 saturated heterocycles. The van der Waals surface area contributed by atoms with E-state index >= 15 is 0 Å². The normalized spacial score (nSPS) is 27.5. The van der Waals surface area contributed by atoms with E-state index in [0.717, 1.165) is 10.5 Å². The van der Waals surface area contributed by atoms with Gasteiger partial charge in [-0.25, -0.2) is 0 Å². The molecule has 2 heteroatoms. The molecule has 0 aromatic heterocycles. The van der Waals surface area contributed by atoms with Gasteiger partial charge in [-0.2, -0.15) is 0 Å². The molecular formula is C8H14N2. The third kappa shape index (κ3) is 1.61. The van der Waals surface area contributed by atoms with Crippen molar-refractivity contribution in [3.8, 4) is 0 Å². The second-order valence-corrected chi connectivity index (χ2v) is 2.06. The third-order valence-corrected chi connectivity index (χ3v) is 1.40. The van der Waals surface area contributed by atoms with E-state index in [4.69, 9.17) is 12.6 Å². The van der Waals surface area contributed by atoms with Gasteiger partial charge < -0.3 is 10.6 Å². The molecule has 0 radical (unpaired) electrons. The molecule has 0 amide bonds. The summed E-state index contributed by atoms with van der Waals surface area (Å²) in [6.07, 6.45) is 4.80. The average molecular weight is 143 g/mol. The molecule has 1 aliphatic rings. The zero-order valence-corrected chi connectivity index (χ0v) is 5.67. The monoisotopic (exact) mass is 143 g/mol. The van der Waals surface area contributed by atoms with E-state index in [9.17, 15) is 0 Å². The van der Waals surface area contributed by atoms with Crippen LogP contribution in [0.5, 0.6) is 0 Å². The summed E-state index contributed by atoms with van der Waals surface area (Å²) >= 11 is 0. The highest BCUT2D eigenvalue weighted by atomic mass is 15.1. The fraction of sp³-hybridized carbons (Fsp3) is 0.500. The van der Waals surface area contributed by atoms with Crippen LogP contribution in [0.25, 0.3) is 0 Å². The second-order valence-electron chi connectivity index (χ2n) is 2.06. The Balaban J connectivity index is 2.78. The number of rotatable bonds is 2. The molecule has 10 heavy (non-hydrogen) atoms. The Bertz CT molecular complexity index is 292. The molecule has 0 aromatic rings. The molecule has 1 aliphatic heterocycles. The van der Waals surface area contributed by atoms with Crippen LogP contribution in [0.1, 0.15) is 13.7 Å². The van der Waals surface area contributed by atoms with E-state index in [1.54, 1.807) is 12.2 Å². The van der Waals surface area contributed by atoms with Crippen LogP contribution in [-0.4, -0.2) is 24.5 Å². The summed E-state index contributed by atoms with van der Waals surface area (Å²) in [6, 6.07) is 0. The summed E-state index contributed by atoms with van der Waals surface area (Å²) in [6.45, 7) is -4.40. The number of nitrogens with two attached hydrogens (primary N) is 1. The Labute approximate surface area is 69.0 Å². The maximum Gasteiger partial charge on any atom is 0.0490 e. The Hall–Kier alpha value is -0.760. The molecule has 0 atom stereocenters. The average Bonchev–Trinajstić information content (AvgIpc) is 2.16. The number of nitrogens with zero attached hydrogens (tertiary/aromatic N) is 1. The molecule has 0 spiro atoms. The summed E-state index contributed by atoms with van der Waals surface area (Å²) in [5.74, 6) is 0. The van der Waals surface area contributed by atoms with Crippen LogP contribution in [0.2, 0.25) is 0 Å². The quantitative estimate of drug-likeness (QED) is 0.617. The molecular weight excluding hydrogens is 124 g/mol. The maximum absolute atomic E-state index is 7.51. The zero-order chi connectivity index (χ0) is 11.7. The van der Waals surface area contributed by atoms with Gasteiger partial charge in [0.25, 0.3) is 0 Å². The molecule has 0 fully saturated rings. The fourth-order valence-electron chi connectivity index (χ4n) is 0.764. The van der Waals surface area contributed by atoms with Crippen molar-refractivity contribution < 1.29 is 6.85 Å². The molecule has 0 saturated carbocycles. The Morgan fingerprint density at radius 2 is 2.90 bits per heavy atom. The second kappa shape index (κ2) is 3.42. The molecule has 2 nitrogen and oxygen atoms in total. The highest BCUT2D eigenvalue weighted by Gasteiger charge is 1.99. The number of hydrogen-bond acceptors (Lipinski definition) is 2. The van der Waals surface area contributed by atoms with Gasteiger partial charge in [0.1, 0.15) is 0 Å². The Morgan fingerprint density at radius 1 is 2.00 bits per heavy atom. The predicted molar refractivity (Wildman–Crippen MR) is 43.5 cm³/mol. The van der Waals surface area contributed by atoms with Crippen molar-refractivity contribution in [3.05, 3.63) is 23.9 Å². The summed E-state index contributed by atoms with van der Waals surface area (Å²) in [5.41, 5.74) is 6.28. The van der Waals surface area contributed by atoms with Gasteiger partial charge >= 0.3 is 0 Å². The van der Waals surface area contributed by atoms with Gasteiger partial charge in [0.2, 0.25) is 0 Å². The smallest absolute Gasteiger partial charge is 0.0490 e. The van der Waals surface area contributed by atoms with E-state index in [2.05, 4.69) is 0 Å². The third-order valence-electron chi connectivity index (χ3n) is 1.40. The molecule has 0 bridgehead atoms. The zero-order valence-electron chi connectivity index (χ0n) is 10.7. The first-order valence-corrected chi connectivity index (χ1v) is 3.13. The standard InChI is InChI=1S/C8H14N2/c1-2-10-5-3-8(7-9)4-6-10/h3-5H,2,6-7,9H2,1H3/i1D3,2D2. The summed E-state index contributed by atoms with van der Waals surface area (Å²) in [5, 5.41) is 0. The van der Waals surface area contributed by atoms with Crippen molar-refractivity contribution in [2.24, 2.45) is 5.73 Å². The summed E-state index contributed by atoms with van der Waals surface area (Å²) in [4.78, 5) is 1.15. The van der Waals surface area contributed by atoms with Gasteiger partial charge in [-0.15, -0.1) is 0 Å². The van der Waals surface area contributed by atoms with Gasteiger partial charge in [0, 0.05) is 26.4 Å². The van der Waals surface area contributed by atoms with E-state index < -0.39 is 13.3 Å². The van der Waals surface area contributed by atoms with E-state index in [1.807, 2.05) is 0 Å². The Kier molecular flexibility index (Phi) is 1.06. The molecule has 0 aromatic carbocycles. The van der Waals surface area contributed by atoms with Crippen molar-refractivity contribution >= 4 is 0 Å². The van der Waals surface area contributed by atoms with E-state index in [-0.39, 0.29) is 6.54 Å². The van der Waals surface area contributed by atoms with Gasteiger partial charge in [0.15, 0.2) is 0 Å². The molecule has 1 heterocycles. The first kappa shape index (κ1) is 3.09. The number of likely N-dealkylation sites (N-methyl/N-ethyl adjacent to an activating group) is 1. The van der Waals surface area contributed by atoms with Gasteiger partial charge in [-0.1, -0.05) is 6.08 Å². The lowest BCUT2D eigenvalue weighted by Crippen LogP contribution is -2.20. The minimum Gasteiger partial charge on any atom is -0.374 e. The topological polar surface area (TPSA) is 29.3 Å². The van der Waals surface area contributed by atoms with Gasteiger partial charge in [0.05, 0.1) is 0 Å². The molecule has 2 N–H and O–H groups in total. The maximum atomic E-state index is 7.51.